The van der Waals surface area contributed by atoms with Crippen molar-refractivity contribution in [2.45, 2.75) is 18.0 Å². The van der Waals surface area contributed by atoms with Crippen LogP contribution in [0.5, 0.6) is 0 Å². The number of hydrogen-bond acceptors (Lipinski definition) is 7. The second kappa shape index (κ2) is 12.9. The lowest BCUT2D eigenvalue weighted by atomic mass is 10.1. The summed E-state index contributed by atoms with van der Waals surface area (Å²) < 4.78 is 10.5. The number of thioether (sulfide) groups is 1. The van der Waals surface area contributed by atoms with Gasteiger partial charge in [0.25, 0.3) is 5.91 Å². The molecule has 0 bridgehead atoms. The number of nitrogens with zero attached hydrogens (tertiary/aromatic N) is 2. The van der Waals surface area contributed by atoms with E-state index in [-0.39, 0.29) is 23.8 Å². The quantitative estimate of drug-likeness (QED) is 0.413. The van der Waals surface area contributed by atoms with Gasteiger partial charge in [0.15, 0.2) is 0 Å². The van der Waals surface area contributed by atoms with Gasteiger partial charge in [0.1, 0.15) is 18.0 Å². The number of aromatic nitrogens is 1. The van der Waals surface area contributed by atoms with Crippen LogP contribution in [-0.2, 0) is 20.9 Å². The first-order valence-electron chi connectivity index (χ1n) is 11.8. The first-order valence-corrected chi connectivity index (χ1v) is 12.8. The summed E-state index contributed by atoms with van der Waals surface area (Å²) in [5.74, 6) is -0.160. The Labute approximate surface area is 219 Å². The van der Waals surface area contributed by atoms with Crippen LogP contribution in [0.3, 0.4) is 0 Å². The van der Waals surface area contributed by atoms with Crippen LogP contribution >= 0.6 is 11.8 Å². The summed E-state index contributed by atoms with van der Waals surface area (Å²) in [6.45, 7) is 0.929. The van der Waals surface area contributed by atoms with E-state index >= 15 is 0 Å². The largest absolute Gasteiger partial charge is 0.444 e. The third-order valence-corrected chi connectivity index (χ3v) is 7.04. The van der Waals surface area contributed by atoms with Crippen LogP contribution in [0.1, 0.15) is 26.9 Å². The van der Waals surface area contributed by atoms with Crippen molar-refractivity contribution in [2.75, 3.05) is 31.3 Å². The monoisotopic (exact) mass is 520 g/mol. The Bertz CT molecular complexity index is 1190. The van der Waals surface area contributed by atoms with Crippen LogP contribution in [0.15, 0.2) is 79.1 Å². The van der Waals surface area contributed by atoms with Gasteiger partial charge in [-0.25, -0.2) is 4.79 Å². The van der Waals surface area contributed by atoms with Gasteiger partial charge in [-0.15, -0.1) is 11.8 Å². The maximum Gasteiger partial charge on any atom is 0.412 e. The first-order chi connectivity index (χ1) is 18.1. The molecule has 192 valence electrons. The second-order valence-electron chi connectivity index (χ2n) is 8.24. The molecule has 1 fully saturated rings. The molecule has 2 unspecified atom stereocenters. The maximum atomic E-state index is 13.3. The fourth-order valence-corrected chi connectivity index (χ4v) is 5.23. The Morgan fingerprint density at radius 1 is 1.03 bits per heavy atom. The Hall–Kier alpha value is -3.89. The predicted octanol–water partition coefficient (Wildman–Crippen LogP) is 3.85. The van der Waals surface area contributed by atoms with E-state index in [1.807, 2.05) is 42.5 Å². The topological polar surface area (TPSA) is 110 Å². The number of hydrogen-bond donors (Lipinski definition) is 2. The van der Waals surface area contributed by atoms with Crippen LogP contribution in [0.4, 0.5) is 10.5 Å². The minimum absolute atomic E-state index is 0.103. The molecule has 0 saturated carbocycles. The molecule has 2 aromatic carbocycles. The Kier molecular flexibility index (Phi) is 9.12. The summed E-state index contributed by atoms with van der Waals surface area (Å²) in [7, 11) is 1.57. The maximum absolute atomic E-state index is 13.3. The van der Waals surface area contributed by atoms with Crippen molar-refractivity contribution in [2.24, 2.45) is 0 Å². The van der Waals surface area contributed by atoms with Crippen molar-refractivity contribution in [1.29, 1.82) is 0 Å². The van der Waals surface area contributed by atoms with Gasteiger partial charge < -0.3 is 20.1 Å². The van der Waals surface area contributed by atoms with E-state index in [0.29, 0.717) is 30.2 Å². The third kappa shape index (κ3) is 6.87. The number of benzene rings is 2. The molecule has 0 aliphatic carbocycles. The molecule has 3 aromatic rings. The van der Waals surface area contributed by atoms with Crippen molar-refractivity contribution in [3.63, 3.8) is 0 Å². The molecule has 9 nitrogen and oxygen atoms in total. The van der Waals surface area contributed by atoms with E-state index in [0.717, 1.165) is 11.1 Å². The van der Waals surface area contributed by atoms with Crippen molar-refractivity contribution < 1.29 is 23.9 Å². The highest BCUT2D eigenvalue weighted by atomic mass is 32.2. The number of methoxy groups -OCH3 is 1. The van der Waals surface area contributed by atoms with Crippen LogP contribution in [0.25, 0.3) is 0 Å². The smallest absolute Gasteiger partial charge is 0.412 e. The summed E-state index contributed by atoms with van der Waals surface area (Å²) in [5, 5.41) is 5.23. The molecule has 0 radical (unpaired) electrons. The molecule has 1 aromatic heterocycles. The number of carbonyl (C=O) groups excluding carboxylic acids is 3. The Morgan fingerprint density at radius 3 is 2.46 bits per heavy atom. The predicted molar refractivity (Wildman–Crippen MR) is 141 cm³/mol. The van der Waals surface area contributed by atoms with Crippen molar-refractivity contribution >= 4 is 35.4 Å². The highest BCUT2D eigenvalue weighted by molar-refractivity contribution is 7.99. The number of pyridine rings is 1. The van der Waals surface area contributed by atoms with Gasteiger partial charge in [0.05, 0.1) is 6.61 Å². The Morgan fingerprint density at radius 2 is 1.76 bits per heavy atom. The molecule has 3 amide bonds. The zero-order valence-electron chi connectivity index (χ0n) is 20.3. The van der Waals surface area contributed by atoms with Gasteiger partial charge in [-0.05, 0) is 47.5 Å². The summed E-state index contributed by atoms with van der Waals surface area (Å²) >= 11 is 1.49. The van der Waals surface area contributed by atoms with Gasteiger partial charge in [0, 0.05) is 43.1 Å². The lowest BCUT2D eigenvalue weighted by Crippen LogP contribution is -2.45. The lowest BCUT2D eigenvalue weighted by molar-refractivity contribution is -0.120. The van der Waals surface area contributed by atoms with E-state index in [9.17, 15) is 14.4 Å². The van der Waals surface area contributed by atoms with E-state index in [4.69, 9.17) is 9.47 Å². The average molecular weight is 521 g/mol. The third-order valence-electron chi connectivity index (χ3n) is 5.72. The van der Waals surface area contributed by atoms with E-state index < -0.39 is 12.1 Å². The standard InChI is InChI=1S/C27H28N4O5S/c1-35-16-15-29-24(32)20-7-9-22(10-8-20)30-25(33)23-18-37-26(21-11-13-28-14-12-21)31(23)27(34)36-17-19-5-3-2-4-6-19/h2-14,23,26H,15-18H2,1H3,(H,29,32)(H,30,33). The molecular formula is C27H28N4O5S. The molecular weight excluding hydrogens is 492 g/mol. The number of nitrogens with one attached hydrogen (secondary N) is 2. The molecule has 1 aliphatic heterocycles. The summed E-state index contributed by atoms with van der Waals surface area (Å²) in [6, 6.07) is 18.9. The van der Waals surface area contributed by atoms with Crippen molar-refractivity contribution in [1.82, 2.24) is 15.2 Å². The van der Waals surface area contributed by atoms with Gasteiger partial charge in [0.2, 0.25) is 5.91 Å². The minimum atomic E-state index is -0.747. The molecule has 1 aliphatic rings. The molecule has 2 N–H and O–H groups in total. The summed E-state index contributed by atoms with van der Waals surface area (Å²) in [4.78, 5) is 44.3. The summed E-state index contributed by atoms with van der Waals surface area (Å²) in [6.07, 6.45) is 2.74. The highest BCUT2D eigenvalue weighted by Crippen LogP contribution is 2.42. The van der Waals surface area contributed by atoms with Crippen molar-refractivity contribution in [3.05, 3.63) is 95.8 Å². The van der Waals surface area contributed by atoms with E-state index in [1.54, 1.807) is 43.8 Å². The first kappa shape index (κ1) is 26.2. The Balaban J connectivity index is 1.45. The number of anilines is 1. The molecule has 4 rings (SSSR count). The minimum Gasteiger partial charge on any atom is -0.444 e. The second-order valence-corrected chi connectivity index (χ2v) is 9.36. The van der Waals surface area contributed by atoms with Crippen molar-refractivity contribution in [3.8, 4) is 0 Å². The average Bonchev–Trinajstić information content (AvgIpc) is 3.39. The van der Waals surface area contributed by atoms with Gasteiger partial charge >= 0.3 is 6.09 Å². The molecule has 2 heterocycles. The van der Waals surface area contributed by atoms with Crippen LogP contribution in [0, 0.1) is 0 Å². The van der Waals surface area contributed by atoms with Gasteiger partial charge in [-0.3, -0.25) is 19.5 Å². The zero-order valence-corrected chi connectivity index (χ0v) is 21.1. The normalized spacial score (nSPS) is 16.7. The van der Waals surface area contributed by atoms with Gasteiger partial charge in [-0.2, -0.15) is 0 Å². The number of rotatable bonds is 9. The highest BCUT2D eigenvalue weighted by Gasteiger charge is 2.43. The SMILES string of the molecule is COCCNC(=O)c1ccc(NC(=O)C2CSC(c3ccncc3)N2C(=O)OCc2ccccc2)cc1. The molecule has 10 heteroatoms. The number of carbonyl (C=O) groups is 3. The fourth-order valence-electron chi connectivity index (χ4n) is 3.81. The van der Waals surface area contributed by atoms with Crippen LogP contribution < -0.4 is 10.6 Å². The molecule has 2 atom stereocenters. The van der Waals surface area contributed by atoms with E-state index in [1.165, 1.54) is 16.7 Å². The number of amides is 3. The van der Waals surface area contributed by atoms with Crippen LogP contribution in [0.2, 0.25) is 0 Å². The fraction of sp³-hybridized carbons (Fsp3) is 0.259. The summed E-state index contributed by atoms with van der Waals surface area (Å²) in [5.41, 5.74) is 2.70. The molecule has 37 heavy (non-hydrogen) atoms. The molecule has 0 spiro atoms. The lowest BCUT2D eigenvalue weighted by Gasteiger charge is -2.28. The molecule has 1 saturated heterocycles. The number of ether oxygens (including phenoxy) is 2. The van der Waals surface area contributed by atoms with Gasteiger partial charge in [-0.1, -0.05) is 30.3 Å². The van der Waals surface area contributed by atoms with Crippen LogP contribution in [-0.4, -0.2) is 59.8 Å². The zero-order chi connectivity index (χ0) is 26.0. The van der Waals surface area contributed by atoms with E-state index in [2.05, 4.69) is 15.6 Å².